The molecular formula is C22H19ClN4O2. The molecule has 2 heterocycles. The molecule has 0 fully saturated rings. The van der Waals surface area contributed by atoms with E-state index in [1.807, 2.05) is 43.3 Å². The van der Waals surface area contributed by atoms with Crippen LogP contribution in [0.1, 0.15) is 12.1 Å². The number of fused-ring (bicyclic) bond motifs is 1. The number of halogens is 1. The van der Waals surface area contributed by atoms with Gasteiger partial charge in [-0.2, -0.15) is 5.10 Å². The number of nitrogens with zero attached hydrogens (tertiary/aromatic N) is 3. The maximum Gasteiger partial charge on any atom is 0.227 e. The normalized spacial score (nSPS) is 10.8. The lowest BCUT2D eigenvalue weighted by atomic mass is 10.2. The number of pyridine rings is 1. The van der Waals surface area contributed by atoms with E-state index < -0.39 is 0 Å². The molecule has 4 aromatic rings. The van der Waals surface area contributed by atoms with Crippen molar-refractivity contribution < 1.29 is 9.53 Å². The molecule has 2 aromatic heterocycles. The maximum absolute atomic E-state index is 12.2. The molecule has 0 aliphatic rings. The Bertz CT molecular complexity index is 1140. The lowest BCUT2D eigenvalue weighted by Gasteiger charge is -2.08. The molecule has 0 spiro atoms. The number of amides is 1. The van der Waals surface area contributed by atoms with E-state index in [1.165, 1.54) is 0 Å². The summed E-state index contributed by atoms with van der Waals surface area (Å²) >= 11 is 5.84. The highest BCUT2D eigenvalue weighted by molar-refractivity contribution is 6.30. The van der Waals surface area contributed by atoms with E-state index in [2.05, 4.69) is 15.4 Å². The average Bonchev–Trinajstić information content (AvgIpc) is 3.06. The third-order valence-corrected chi connectivity index (χ3v) is 4.66. The van der Waals surface area contributed by atoms with Gasteiger partial charge < -0.3 is 10.1 Å². The number of anilines is 1. The molecular weight excluding hydrogens is 388 g/mol. The topological polar surface area (TPSA) is 69.0 Å². The number of rotatable bonds is 6. The second-order valence-electron chi connectivity index (χ2n) is 6.53. The molecule has 7 heteroatoms. The molecule has 0 saturated carbocycles. The summed E-state index contributed by atoms with van der Waals surface area (Å²) in [7, 11) is 0. The first-order valence-corrected chi connectivity index (χ1v) is 9.57. The van der Waals surface area contributed by atoms with Crippen LogP contribution in [0.3, 0.4) is 0 Å². The van der Waals surface area contributed by atoms with Crippen molar-refractivity contribution in [2.24, 2.45) is 0 Å². The van der Waals surface area contributed by atoms with Crippen LogP contribution in [0.25, 0.3) is 16.7 Å². The molecule has 0 aliphatic carbocycles. The molecule has 146 valence electrons. The van der Waals surface area contributed by atoms with Gasteiger partial charge in [-0.3, -0.25) is 4.79 Å². The molecule has 0 aliphatic heterocycles. The maximum atomic E-state index is 12.2. The first kappa shape index (κ1) is 19.0. The molecule has 6 nitrogen and oxygen atoms in total. The van der Waals surface area contributed by atoms with E-state index >= 15 is 0 Å². The Balaban J connectivity index is 1.42. The Kier molecular flexibility index (Phi) is 5.44. The van der Waals surface area contributed by atoms with Gasteiger partial charge in [-0.05, 0) is 49.4 Å². The Morgan fingerprint density at radius 1 is 1.14 bits per heavy atom. The number of hydrogen-bond donors (Lipinski definition) is 1. The van der Waals surface area contributed by atoms with Gasteiger partial charge in [0.05, 0.1) is 36.3 Å². The number of carbonyl (C=O) groups excluding carboxylic acids is 1. The Morgan fingerprint density at radius 2 is 1.90 bits per heavy atom. The zero-order chi connectivity index (χ0) is 20.2. The van der Waals surface area contributed by atoms with Gasteiger partial charge in [0.15, 0.2) is 5.65 Å². The van der Waals surface area contributed by atoms with Gasteiger partial charge in [0.1, 0.15) is 5.75 Å². The SMILES string of the molecule is Cc1nn(-c2ccccc2)c2ncc(NC(=O)CCOc3ccc(Cl)cc3)cc12. The Hall–Kier alpha value is -3.38. The van der Waals surface area contributed by atoms with Crippen LogP contribution in [-0.2, 0) is 4.79 Å². The summed E-state index contributed by atoms with van der Waals surface area (Å²) in [6.45, 7) is 2.20. The molecule has 29 heavy (non-hydrogen) atoms. The van der Waals surface area contributed by atoms with Crippen LogP contribution in [0.2, 0.25) is 5.02 Å². The molecule has 0 atom stereocenters. The third kappa shape index (κ3) is 4.38. The number of aromatic nitrogens is 3. The standard InChI is InChI=1S/C22H19ClN4O2/c1-15-20-13-17(14-24-22(20)27(26-15)18-5-3-2-4-6-18)25-21(28)11-12-29-19-9-7-16(23)8-10-19/h2-10,13-14H,11-12H2,1H3,(H,25,28). The molecule has 0 unspecified atom stereocenters. The minimum atomic E-state index is -0.145. The fourth-order valence-electron chi connectivity index (χ4n) is 2.98. The second kappa shape index (κ2) is 8.32. The van der Waals surface area contributed by atoms with E-state index in [0.29, 0.717) is 16.5 Å². The largest absolute Gasteiger partial charge is 0.493 e. The van der Waals surface area contributed by atoms with Gasteiger partial charge in [0, 0.05) is 10.4 Å². The van der Waals surface area contributed by atoms with E-state index in [0.717, 1.165) is 22.4 Å². The molecule has 1 amide bonds. The fourth-order valence-corrected chi connectivity index (χ4v) is 3.10. The van der Waals surface area contributed by atoms with E-state index in [1.54, 1.807) is 35.1 Å². The van der Waals surface area contributed by atoms with E-state index in [9.17, 15) is 4.79 Å². The van der Waals surface area contributed by atoms with Crippen molar-refractivity contribution in [2.75, 3.05) is 11.9 Å². The number of ether oxygens (including phenoxy) is 1. The molecule has 2 aromatic carbocycles. The quantitative estimate of drug-likeness (QED) is 0.499. The first-order chi connectivity index (χ1) is 14.1. The average molecular weight is 407 g/mol. The summed E-state index contributed by atoms with van der Waals surface area (Å²) in [6, 6.07) is 18.7. The van der Waals surface area contributed by atoms with Crippen LogP contribution in [0.15, 0.2) is 66.9 Å². The van der Waals surface area contributed by atoms with Gasteiger partial charge >= 0.3 is 0 Å². The minimum absolute atomic E-state index is 0.145. The van der Waals surface area contributed by atoms with Gasteiger partial charge in [-0.25, -0.2) is 9.67 Å². The molecule has 0 bridgehead atoms. The van der Waals surface area contributed by atoms with Crippen molar-refractivity contribution in [3.05, 3.63) is 77.6 Å². The van der Waals surface area contributed by atoms with Crippen molar-refractivity contribution >= 4 is 34.2 Å². The summed E-state index contributed by atoms with van der Waals surface area (Å²) in [4.78, 5) is 16.8. The van der Waals surface area contributed by atoms with E-state index in [-0.39, 0.29) is 18.9 Å². The fraction of sp³-hybridized carbons (Fsp3) is 0.136. The monoisotopic (exact) mass is 406 g/mol. The van der Waals surface area contributed by atoms with Crippen LogP contribution < -0.4 is 10.1 Å². The third-order valence-electron chi connectivity index (χ3n) is 4.40. The lowest BCUT2D eigenvalue weighted by Crippen LogP contribution is -2.15. The lowest BCUT2D eigenvalue weighted by molar-refractivity contribution is -0.116. The van der Waals surface area contributed by atoms with Gasteiger partial charge in [0.2, 0.25) is 5.91 Å². The van der Waals surface area contributed by atoms with E-state index in [4.69, 9.17) is 16.3 Å². The zero-order valence-electron chi connectivity index (χ0n) is 15.8. The Morgan fingerprint density at radius 3 is 2.66 bits per heavy atom. The van der Waals surface area contributed by atoms with Crippen LogP contribution in [0, 0.1) is 6.92 Å². The highest BCUT2D eigenvalue weighted by atomic mass is 35.5. The number of para-hydroxylation sites is 1. The number of aryl methyl sites for hydroxylation is 1. The number of benzene rings is 2. The second-order valence-corrected chi connectivity index (χ2v) is 6.96. The van der Waals surface area contributed by atoms with Crippen molar-refractivity contribution in [3.63, 3.8) is 0 Å². The summed E-state index contributed by atoms with van der Waals surface area (Å²) < 4.78 is 7.36. The predicted octanol–water partition coefficient (Wildman–Crippen LogP) is 4.79. The first-order valence-electron chi connectivity index (χ1n) is 9.19. The predicted molar refractivity (Wildman–Crippen MR) is 114 cm³/mol. The summed E-state index contributed by atoms with van der Waals surface area (Å²) in [5, 5.41) is 8.98. The molecule has 0 radical (unpaired) electrons. The summed E-state index contributed by atoms with van der Waals surface area (Å²) in [5.74, 6) is 0.530. The highest BCUT2D eigenvalue weighted by Crippen LogP contribution is 2.23. The minimum Gasteiger partial charge on any atom is -0.493 e. The molecule has 0 saturated heterocycles. The zero-order valence-corrected chi connectivity index (χ0v) is 16.6. The van der Waals surface area contributed by atoms with Crippen LogP contribution in [0.4, 0.5) is 5.69 Å². The number of nitrogens with one attached hydrogen (secondary N) is 1. The van der Waals surface area contributed by atoms with Gasteiger partial charge in [-0.15, -0.1) is 0 Å². The smallest absolute Gasteiger partial charge is 0.227 e. The highest BCUT2D eigenvalue weighted by Gasteiger charge is 2.12. The van der Waals surface area contributed by atoms with Crippen LogP contribution in [-0.4, -0.2) is 27.3 Å². The van der Waals surface area contributed by atoms with Crippen molar-refractivity contribution in [3.8, 4) is 11.4 Å². The summed E-state index contributed by atoms with van der Waals surface area (Å²) in [5.41, 5.74) is 3.16. The molecule has 1 N–H and O–H groups in total. The van der Waals surface area contributed by atoms with Crippen LogP contribution in [0.5, 0.6) is 5.75 Å². The number of carbonyl (C=O) groups is 1. The van der Waals surface area contributed by atoms with Gasteiger partial charge in [-0.1, -0.05) is 29.8 Å². The Labute approximate surface area is 173 Å². The van der Waals surface area contributed by atoms with Crippen molar-refractivity contribution in [1.29, 1.82) is 0 Å². The van der Waals surface area contributed by atoms with Gasteiger partial charge in [0.25, 0.3) is 0 Å². The van der Waals surface area contributed by atoms with Crippen molar-refractivity contribution in [1.82, 2.24) is 14.8 Å². The summed E-state index contributed by atoms with van der Waals surface area (Å²) in [6.07, 6.45) is 1.86. The number of hydrogen-bond acceptors (Lipinski definition) is 4. The molecule has 4 rings (SSSR count). The van der Waals surface area contributed by atoms with Crippen LogP contribution >= 0.6 is 11.6 Å². The van der Waals surface area contributed by atoms with Crippen molar-refractivity contribution in [2.45, 2.75) is 13.3 Å².